The van der Waals surface area contributed by atoms with Gasteiger partial charge in [-0.15, -0.1) is 11.3 Å². The molecular weight excluding hydrogens is 284 g/mol. The first-order valence-electron chi connectivity index (χ1n) is 7.27. The van der Waals surface area contributed by atoms with Gasteiger partial charge in [-0.05, 0) is 30.0 Å². The van der Waals surface area contributed by atoms with Crippen molar-refractivity contribution in [3.63, 3.8) is 0 Å². The Bertz CT molecular complexity index is 486. The van der Waals surface area contributed by atoms with E-state index in [1.165, 1.54) is 4.88 Å². The van der Waals surface area contributed by atoms with Crippen molar-refractivity contribution < 1.29 is 9.21 Å². The molecule has 0 aliphatic rings. The van der Waals surface area contributed by atoms with Gasteiger partial charge in [0, 0.05) is 17.3 Å². The molecule has 0 spiro atoms. The van der Waals surface area contributed by atoms with Crippen molar-refractivity contribution >= 4 is 17.2 Å². The summed E-state index contributed by atoms with van der Waals surface area (Å²) in [6, 6.07) is 7.70. The van der Waals surface area contributed by atoms with Crippen LogP contribution in [0, 0.1) is 0 Å². The minimum absolute atomic E-state index is 0.0649. The van der Waals surface area contributed by atoms with E-state index in [1.807, 2.05) is 34.5 Å². The van der Waals surface area contributed by atoms with Crippen molar-refractivity contribution in [3.8, 4) is 0 Å². The second kappa shape index (κ2) is 8.00. The summed E-state index contributed by atoms with van der Waals surface area (Å²) in [5, 5.41) is 2.02. The van der Waals surface area contributed by atoms with Crippen molar-refractivity contribution in [2.45, 2.75) is 45.3 Å². The summed E-state index contributed by atoms with van der Waals surface area (Å²) in [4.78, 5) is 15.5. The van der Waals surface area contributed by atoms with Crippen LogP contribution in [-0.4, -0.2) is 16.8 Å². The Morgan fingerprint density at radius 2 is 2.24 bits per heavy atom. The summed E-state index contributed by atoms with van der Waals surface area (Å²) in [7, 11) is 0. The smallest absolute Gasteiger partial charge is 0.224 e. The van der Waals surface area contributed by atoms with Crippen LogP contribution in [0.2, 0.25) is 0 Å². The summed E-state index contributed by atoms with van der Waals surface area (Å²) >= 11 is 1.65. The number of rotatable bonds is 8. The largest absolute Gasteiger partial charge is 0.467 e. The molecule has 0 radical (unpaired) electrons. The monoisotopic (exact) mass is 306 g/mol. The molecule has 21 heavy (non-hydrogen) atoms. The molecule has 2 aromatic rings. The van der Waals surface area contributed by atoms with Crippen LogP contribution in [0.5, 0.6) is 0 Å². The summed E-state index contributed by atoms with van der Waals surface area (Å²) in [6.07, 6.45) is 3.89. The molecule has 0 aromatic carbocycles. The zero-order chi connectivity index (χ0) is 15.1. The van der Waals surface area contributed by atoms with Crippen LogP contribution < -0.4 is 5.73 Å². The van der Waals surface area contributed by atoms with Gasteiger partial charge >= 0.3 is 0 Å². The highest BCUT2D eigenvalue weighted by atomic mass is 32.1. The van der Waals surface area contributed by atoms with E-state index in [4.69, 9.17) is 10.2 Å². The fourth-order valence-corrected chi connectivity index (χ4v) is 2.96. The summed E-state index contributed by atoms with van der Waals surface area (Å²) in [5.41, 5.74) is 6.00. The summed E-state index contributed by atoms with van der Waals surface area (Å²) in [6.45, 7) is 3.18. The number of hydrogen-bond donors (Lipinski definition) is 1. The third-order valence-electron chi connectivity index (χ3n) is 3.30. The number of nitrogens with two attached hydrogens (primary N) is 1. The van der Waals surface area contributed by atoms with Gasteiger partial charge in [-0.1, -0.05) is 19.4 Å². The van der Waals surface area contributed by atoms with Crippen LogP contribution in [0.4, 0.5) is 0 Å². The topological polar surface area (TPSA) is 59.5 Å². The van der Waals surface area contributed by atoms with Gasteiger partial charge in [0.25, 0.3) is 0 Å². The molecule has 2 aromatic heterocycles. The van der Waals surface area contributed by atoms with E-state index in [1.54, 1.807) is 17.6 Å². The minimum Gasteiger partial charge on any atom is -0.467 e. The molecule has 2 heterocycles. The molecule has 0 fully saturated rings. The van der Waals surface area contributed by atoms with E-state index in [2.05, 4.69) is 6.92 Å². The van der Waals surface area contributed by atoms with Crippen LogP contribution in [0.25, 0.3) is 0 Å². The number of carbonyl (C=O) groups excluding carboxylic acids is 1. The Hall–Kier alpha value is -1.59. The maximum Gasteiger partial charge on any atom is 0.224 e. The lowest BCUT2D eigenvalue weighted by Gasteiger charge is -2.23. The Labute approximate surface area is 129 Å². The fourth-order valence-electron chi connectivity index (χ4n) is 2.24. The summed E-state index contributed by atoms with van der Waals surface area (Å²) < 4.78 is 5.36. The van der Waals surface area contributed by atoms with E-state index in [9.17, 15) is 4.79 Å². The molecule has 0 saturated heterocycles. The Morgan fingerprint density at radius 3 is 2.86 bits per heavy atom. The SMILES string of the molecule is CCCC(N)CC(=O)N(Cc1ccco1)Cc1cccs1. The van der Waals surface area contributed by atoms with Gasteiger partial charge in [0.05, 0.1) is 19.4 Å². The standard InChI is InChI=1S/C16H22N2O2S/c1-2-5-13(17)10-16(19)18(11-14-6-3-8-20-14)12-15-7-4-9-21-15/h3-4,6-9,13H,2,5,10-12,17H2,1H3. The molecule has 5 heteroatoms. The average molecular weight is 306 g/mol. The molecule has 114 valence electrons. The van der Waals surface area contributed by atoms with Crippen LogP contribution in [0.1, 0.15) is 36.8 Å². The van der Waals surface area contributed by atoms with E-state index < -0.39 is 0 Å². The van der Waals surface area contributed by atoms with Gasteiger partial charge in [0.1, 0.15) is 5.76 Å². The quantitative estimate of drug-likeness (QED) is 0.813. The van der Waals surface area contributed by atoms with Gasteiger partial charge in [-0.2, -0.15) is 0 Å². The highest BCUT2D eigenvalue weighted by molar-refractivity contribution is 7.09. The molecule has 0 aliphatic carbocycles. The molecule has 0 saturated carbocycles. The Kier molecular flexibility index (Phi) is 6.02. The lowest BCUT2D eigenvalue weighted by Crippen LogP contribution is -2.35. The van der Waals surface area contributed by atoms with Crippen LogP contribution in [0.3, 0.4) is 0 Å². The molecule has 0 bridgehead atoms. The highest BCUT2D eigenvalue weighted by Gasteiger charge is 2.18. The van der Waals surface area contributed by atoms with E-state index in [-0.39, 0.29) is 11.9 Å². The van der Waals surface area contributed by atoms with E-state index >= 15 is 0 Å². The number of thiophene rings is 1. The lowest BCUT2D eigenvalue weighted by atomic mass is 10.1. The molecular formula is C16H22N2O2S. The second-order valence-corrected chi connectivity index (χ2v) is 6.19. The first-order valence-corrected chi connectivity index (χ1v) is 8.15. The van der Waals surface area contributed by atoms with Crippen molar-refractivity contribution in [1.82, 2.24) is 4.90 Å². The van der Waals surface area contributed by atoms with Gasteiger partial charge in [-0.3, -0.25) is 4.79 Å². The van der Waals surface area contributed by atoms with Crippen molar-refractivity contribution in [2.24, 2.45) is 5.73 Å². The predicted octanol–water partition coefficient (Wildman–Crippen LogP) is 3.39. The fraction of sp³-hybridized carbons (Fsp3) is 0.438. The van der Waals surface area contributed by atoms with Gasteiger partial charge < -0.3 is 15.1 Å². The third-order valence-corrected chi connectivity index (χ3v) is 4.16. The molecule has 2 N–H and O–H groups in total. The average Bonchev–Trinajstić information content (AvgIpc) is 3.11. The first-order chi connectivity index (χ1) is 10.2. The van der Waals surface area contributed by atoms with E-state index in [0.717, 1.165) is 18.6 Å². The number of nitrogens with zero attached hydrogens (tertiary/aromatic N) is 1. The molecule has 0 aliphatic heterocycles. The zero-order valence-corrected chi connectivity index (χ0v) is 13.1. The number of amides is 1. The van der Waals surface area contributed by atoms with Crippen LogP contribution in [0.15, 0.2) is 40.3 Å². The van der Waals surface area contributed by atoms with Crippen molar-refractivity contribution in [2.75, 3.05) is 0 Å². The van der Waals surface area contributed by atoms with Crippen LogP contribution in [-0.2, 0) is 17.9 Å². The Morgan fingerprint density at radius 1 is 1.38 bits per heavy atom. The normalized spacial score (nSPS) is 12.3. The van der Waals surface area contributed by atoms with Crippen LogP contribution >= 0.6 is 11.3 Å². The molecule has 1 atom stereocenters. The maximum atomic E-state index is 12.5. The van der Waals surface area contributed by atoms with Crippen molar-refractivity contribution in [3.05, 3.63) is 46.5 Å². The number of carbonyl (C=O) groups is 1. The van der Waals surface area contributed by atoms with Gasteiger partial charge in [0.2, 0.25) is 5.91 Å². The maximum absolute atomic E-state index is 12.5. The Balaban J connectivity index is 2.01. The van der Waals surface area contributed by atoms with Gasteiger partial charge in [0.15, 0.2) is 0 Å². The summed E-state index contributed by atoms with van der Waals surface area (Å²) in [5.74, 6) is 0.879. The lowest BCUT2D eigenvalue weighted by molar-refractivity contribution is -0.133. The van der Waals surface area contributed by atoms with E-state index in [0.29, 0.717) is 19.5 Å². The molecule has 2 rings (SSSR count). The predicted molar refractivity (Wildman–Crippen MR) is 84.8 cm³/mol. The highest BCUT2D eigenvalue weighted by Crippen LogP contribution is 2.16. The van der Waals surface area contributed by atoms with Crippen molar-refractivity contribution in [1.29, 1.82) is 0 Å². The number of furan rings is 1. The zero-order valence-electron chi connectivity index (χ0n) is 12.3. The molecule has 1 amide bonds. The molecule has 4 nitrogen and oxygen atoms in total. The molecule has 1 unspecified atom stereocenters. The third kappa shape index (κ3) is 5.02. The second-order valence-electron chi connectivity index (χ2n) is 5.16. The first kappa shape index (κ1) is 15.8. The minimum atomic E-state index is -0.0649. The van der Waals surface area contributed by atoms with Gasteiger partial charge in [-0.25, -0.2) is 0 Å². The number of hydrogen-bond acceptors (Lipinski definition) is 4.